The summed E-state index contributed by atoms with van der Waals surface area (Å²) in [7, 11) is 0. The SMILES string of the molecule is CCOC1C2COC(C(O)O2)C1O. The Kier molecular flexibility index (Phi) is 2.53. The van der Waals surface area contributed by atoms with Gasteiger partial charge in [0.25, 0.3) is 0 Å². The lowest BCUT2D eigenvalue weighted by molar-refractivity contribution is -0.348. The molecule has 3 saturated heterocycles. The van der Waals surface area contributed by atoms with Crippen LogP contribution in [0.3, 0.4) is 0 Å². The fraction of sp³-hybridized carbons (Fsp3) is 1.00. The van der Waals surface area contributed by atoms with E-state index in [1.807, 2.05) is 6.92 Å². The molecule has 0 aliphatic carbocycles. The first-order valence-corrected chi connectivity index (χ1v) is 4.49. The molecule has 3 aliphatic rings. The van der Waals surface area contributed by atoms with Crippen molar-refractivity contribution in [1.82, 2.24) is 0 Å². The lowest BCUT2D eigenvalue weighted by atomic mass is 9.96. The van der Waals surface area contributed by atoms with Crippen LogP contribution < -0.4 is 0 Å². The zero-order chi connectivity index (χ0) is 9.42. The molecule has 0 aromatic rings. The summed E-state index contributed by atoms with van der Waals surface area (Å²) in [4.78, 5) is 0. The van der Waals surface area contributed by atoms with Crippen molar-refractivity contribution >= 4 is 0 Å². The number of fused-ring (bicyclic) bond motifs is 3. The van der Waals surface area contributed by atoms with E-state index >= 15 is 0 Å². The van der Waals surface area contributed by atoms with Crippen LogP contribution in [0.25, 0.3) is 0 Å². The van der Waals surface area contributed by atoms with Crippen molar-refractivity contribution < 1.29 is 24.4 Å². The van der Waals surface area contributed by atoms with Gasteiger partial charge in [0.15, 0.2) is 6.29 Å². The van der Waals surface area contributed by atoms with Crippen molar-refractivity contribution in [3.05, 3.63) is 0 Å². The topological polar surface area (TPSA) is 68.2 Å². The fourth-order valence-corrected chi connectivity index (χ4v) is 1.83. The van der Waals surface area contributed by atoms with E-state index in [4.69, 9.17) is 14.2 Å². The Balaban J connectivity index is 2.07. The lowest BCUT2D eigenvalue weighted by Crippen LogP contribution is -2.65. The Bertz CT molecular complexity index is 183. The van der Waals surface area contributed by atoms with Crippen molar-refractivity contribution in [2.45, 2.75) is 37.6 Å². The van der Waals surface area contributed by atoms with Crippen molar-refractivity contribution in [3.8, 4) is 0 Å². The summed E-state index contributed by atoms with van der Waals surface area (Å²) in [5.74, 6) is 0. The molecule has 0 saturated carbocycles. The van der Waals surface area contributed by atoms with Crippen LogP contribution in [-0.4, -0.2) is 54.1 Å². The molecule has 13 heavy (non-hydrogen) atoms. The lowest BCUT2D eigenvalue weighted by Gasteiger charge is -2.47. The predicted molar refractivity (Wildman–Crippen MR) is 42.0 cm³/mol. The molecule has 5 atom stereocenters. The third-order valence-corrected chi connectivity index (χ3v) is 2.45. The summed E-state index contributed by atoms with van der Waals surface area (Å²) in [6.07, 6.45) is -3.20. The average Bonchev–Trinajstić information content (AvgIpc) is 2.11. The van der Waals surface area contributed by atoms with Crippen LogP contribution in [0.4, 0.5) is 0 Å². The van der Waals surface area contributed by atoms with E-state index < -0.39 is 18.5 Å². The van der Waals surface area contributed by atoms with Gasteiger partial charge in [-0.1, -0.05) is 0 Å². The molecule has 5 unspecified atom stereocenters. The van der Waals surface area contributed by atoms with Crippen LogP contribution in [-0.2, 0) is 14.2 Å². The Morgan fingerprint density at radius 1 is 1.46 bits per heavy atom. The molecule has 2 N–H and O–H groups in total. The quantitative estimate of drug-likeness (QED) is 0.576. The van der Waals surface area contributed by atoms with E-state index in [1.165, 1.54) is 0 Å². The molecule has 3 fully saturated rings. The first kappa shape index (κ1) is 9.36. The second kappa shape index (κ2) is 3.51. The number of aliphatic hydroxyl groups is 2. The van der Waals surface area contributed by atoms with E-state index in [9.17, 15) is 10.2 Å². The highest BCUT2D eigenvalue weighted by molar-refractivity contribution is 4.94. The van der Waals surface area contributed by atoms with Gasteiger partial charge in [0.2, 0.25) is 0 Å². The summed E-state index contributed by atoms with van der Waals surface area (Å²) in [6.45, 7) is 2.75. The minimum Gasteiger partial charge on any atom is -0.387 e. The Morgan fingerprint density at radius 2 is 2.23 bits per heavy atom. The largest absolute Gasteiger partial charge is 0.387 e. The van der Waals surface area contributed by atoms with Gasteiger partial charge < -0.3 is 24.4 Å². The molecule has 76 valence electrons. The third-order valence-electron chi connectivity index (χ3n) is 2.45. The first-order valence-electron chi connectivity index (χ1n) is 4.49. The van der Waals surface area contributed by atoms with Crippen LogP contribution in [0, 0.1) is 0 Å². The molecular weight excluding hydrogens is 176 g/mol. The molecule has 0 spiro atoms. The Hall–Kier alpha value is -0.200. The van der Waals surface area contributed by atoms with Gasteiger partial charge in [-0.2, -0.15) is 0 Å². The van der Waals surface area contributed by atoms with E-state index in [0.717, 1.165) is 0 Å². The average molecular weight is 190 g/mol. The van der Waals surface area contributed by atoms with E-state index in [2.05, 4.69) is 0 Å². The van der Waals surface area contributed by atoms with Gasteiger partial charge >= 0.3 is 0 Å². The van der Waals surface area contributed by atoms with Crippen LogP contribution in [0.15, 0.2) is 0 Å². The highest BCUT2D eigenvalue weighted by Crippen LogP contribution is 2.29. The minimum absolute atomic E-state index is 0.352. The van der Waals surface area contributed by atoms with E-state index in [-0.39, 0.29) is 12.2 Å². The second-order valence-electron chi connectivity index (χ2n) is 3.27. The summed E-state index contributed by atoms with van der Waals surface area (Å²) in [6, 6.07) is 0. The van der Waals surface area contributed by atoms with Crippen LogP contribution in [0.2, 0.25) is 0 Å². The second-order valence-corrected chi connectivity index (χ2v) is 3.27. The number of aliphatic hydroxyl groups excluding tert-OH is 2. The molecule has 0 radical (unpaired) electrons. The standard InChI is InChI=1S/C8H14O5/c1-2-11-6-4-3-12-7(5(6)9)8(10)13-4/h4-10H,2-3H2,1H3. The number of hydrogen-bond donors (Lipinski definition) is 2. The van der Waals surface area contributed by atoms with Gasteiger partial charge in [0.1, 0.15) is 24.4 Å². The third kappa shape index (κ3) is 1.47. The van der Waals surface area contributed by atoms with Gasteiger partial charge in [-0.25, -0.2) is 0 Å². The fourth-order valence-electron chi connectivity index (χ4n) is 1.83. The predicted octanol–water partition coefficient (Wildman–Crippen LogP) is -1.13. The minimum atomic E-state index is -1.02. The molecule has 0 amide bonds. The molecule has 3 aliphatic heterocycles. The van der Waals surface area contributed by atoms with Gasteiger partial charge in [-0.3, -0.25) is 0 Å². The van der Waals surface area contributed by atoms with Crippen LogP contribution in [0.5, 0.6) is 0 Å². The van der Waals surface area contributed by atoms with Crippen LogP contribution >= 0.6 is 0 Å². The smallest absolute Gasteiger partial charge is 0.184 e. The first-order chi connectivity index (χ1) is 6.24. The number of ether oxygens (including phenoxy) is 3. The molecule has 5 nitrogen and oxygen atoms in total. The summed E-state index contributed by atoms with van der Waals surface area (Å²) in [5, 5.41) is 19.0. The molecule has 3 heterocycles. The monoisotopic (exact) mass is 190 g/mol. The molecule has 5 heteroatoms. The Morgan fingerprint density at radius 3 is 2.77 bits per heavy atom. The van der Waals surface area contributed by atoms with Crippen molar-refractivity contribution in [1.29, 1.82) is 0 Å². The zero-order valence-electron chi connectivity index (χ0n) is 7.42. The Labute approximate surface area is 76.2 Å². The van der Waals surface area contributed by atoms with Crippen molar-refractivity contribution in [2.24, 2.45) is 0 Å². The number of rotatable bonds is 2. The van der Waals surface area contributed by atoms with Crippen LogP contribution in [0.1, 0.15) is 6.92 Å². The maximum atomic E-state index is 9.67. The van der Waals surface area contributed by atoms with Crippen molar-refractivity contribution in [3.63, 3.8) is 0 Å². The van der Waals surface area contributed by atoms with E-state index in [1.54, 1.807) is 0 Å². The van der Waals surface area contributed by atoms with Gasteiger partial charge in [-0.05, 0) is 6.92 Å². The normalized spacial score (nSPS) is 49.6. The zero-order valence-corrected chi connectivity index (χ0v) is 7.42. The van der Waals surface area contributed by atoms with Gasteiger partial charge in [-0.15, -0.1) is 0 Å². The van der Waals surface area contributed by atoms with E-state index in [0.29, 0.717) is 13.2 Å². The van der Waals surface area contributed by atoms with Crippen molar-refractivity contribution in [2.75, 3.05) is 13.2 Å². The summed E-state index contributed by atoms with van der Waals surface area (Å²) < 4.78 is 15.7. The molecule has 3 rings (SSSR count). The summed E-state index contributed by atoms with van der Waals surface area (Å²) in [5.41, 5.74) is 0. The molecular formula is C8H14O5. The maximum Gasteiger partial charge on any atom is 0.184 e. The van der Waals surface area contributed by atoms with Gasteiger partial charge in [0, 0.05) is 6.61 Å². The van der Waals surface area contributed by atoms with Gasteiger partial charge in [0.05, 0.1) is 6.61 Å². The maximum absolute atomic E-state index is 9.67. The summed E-state index contributed by atoms with van der Waals surface area (Å²) >= 11 is 0. The highest BCUT2D eigenvalue weighted by atomic mass is 16.7. The molecule has 2 bridgehead atoms. The number of hydrogen-bond acceptors (Lipinski definition) is 5. The molecule has 0 aromatic heterocycles. The molecule has 0 aromatic carbocycles. The highest BCUT2D eigenvalue weighted by Gasteiger charge is 2.50.